The van der Waals surface area contributed by atoms with Gasteiger partial charge in [-0.2, -0.15) is 18.4 Å². The van der Waals surface area contributed by atoms with Crippen LogP contribution in [0.3, 0.4) is 0 Å². The number of nitro benzene ring substituents is 1. The van der Waals surface area contributed by atoms with Crippen molar-refractivity contribution >= 4 is 23.0 Å². The highest BCUT2D eigenvalue weighted by Gasteiger charge is 2.38. The van der Waals surface area contributed by atoms with Gasteiger partial charge >= 0.3 is 6.18 Å². The Morgan fingerprint density at radius 2 is 1.71 bits per heavy atom. The average Bonchev–Trinajstić information content (AvgIpc) is 2.92. The van der Waals surface area contributed by atoms with Gasteiger partial charge in [0, 0.05) is 75.7 Å². The maximum atomic E-state index is 13.2. The predicted molar refractivity (Wildman–Crippen MR) is 136 cm³/mol. The quantitative estimate of drug-likeness (QED) is 0.424. The molecular formula is C26H29F3N6O3. The molecule has 1 N–H and O–H groups in total. The lowest BCUT2D eigenvalue weighted by atomic mass is 10.0. The van der Waals surface area contributed by atoms with Crippen LogP contribution >= 0.6 is 0 Å². The molecule has 0 saturated carbocycles. The summed E-state index contributed by atoms with van der Waals surface area (Å²) >= 11 is 0. The van der Waals surface area contributed by atoms with Crippen LogP contribution in [0.25, 0.3) is 0 Å². The first kappa shape index (κ1) is 27.2. The van der Waals surface area contributed by atoms with Crippen LogP contribution in [0.5, 0.6) is 0 Å². The van der Waals surface area contributed by atoms with E-state index in [2.05, 4.69) is 21.2 Å². The van der Waals surface area contributed by atoms with Crippen LogP contribution in [-0.2, 0) is 11.0 Å². The summed E-state index contributed by atoms with van der Waals surface area (Å²) < 4.78 is 39.7. The molecule has 2 aliphatic rings. The van der Waals surface area contributed by atoms with E-state index in [-0.39, 0.29) is 17.6 Å². The molecule has 0 atom stereocenters. The maximum Gasteiger partial charge on any atom is 0.423 e. The Kier molecular flexibility index (Phi) is 8.36. The minimum atomic E-state index is -4.81. The van der Waals surface area contributed by atoms with Gasteiger partial charge in [-0.25, -0.2) is 0 Å². The first-order valence-corrected chi connectivity index (χ1v) is 12.5. The number of nitriles is 1. The second kappa shape index (κ2) is 11.7. The molecule has 2 heterocycles. The second-order valence-electron chi connectivity index (χ2n) is 9.52. The molecule has 2 aromatic carbocycles. The minimum Gasteiger partial charge on any atom is -0.382 e. The van der Waals surface area contributed by atoms with Crippen molar-refractivity contribution in [3.8, 4) is 6.07 Å². The molecule has 202 valence electrons. The fraction of sp³-hybridized carbons (Fsp3) is 0.462. The summed E-state index contributed by atoms with van der Waals surface area (Å²) in [5.74, 6) is 0.107. The Morgan fingerprint density at radius 1 is 1.05 bits per heavy atom. The van der Waals surface area contributed by atoms with Gasteiger partial charge in [0.1, 0.15) is 5.56 Å². The largest absolute Gasteiger partial charge is 0.423 e. The molecule has 2 fully saturated rings. The average molecular weight is 531 g/mol. The molecule has 0 unspecified atom stereocenters. The molecule has 12 heteroatoms. The third kappa shape index (κ3) is 6.72. The lowest BCUT2D eigenvalue weighted by Crippen LogP contribution is -2.49. The van der Waals surface area contributed by atoms with Gasteiger partial charge < -0.3 is 20.0 Å². The van der Waals surface area contributed by atoms with Gasteiger partial charge in [0.25, 0.3) is 5.69 Å². The van der Waals surface area contributed by atoms with E-state index in [1.54, 1.807) is 12.1 Å². The molecule has 2 aromatic rings. The molecule has 38 heavy (non-hydrogen) atoms. The van der Waals surface area contributed by atoms with Crippen molar-refractivity contribution in [1.82, 2.24) is 9.80 Å². The Labute approximate surface area is 218 Å². The van der Waals surface area contributed by atoms with E-state index in [4.69, 9.17) is 5.26 Å². The number of nitrogens with zero attached hydrogens (tertiary/aromatic N) is 5. The highest BCUT2D eigenvalue weighted by Crippen LogP contribution is 2.38. The van der Waals surface area contributed by atoms with Crippen LogP contribution in [0, 0.1) is 21.4 Å². The molecule has 0 spiro atoms. The zero-order valence-electron chi connectivity index (χ0n) is 20.8. The van der Waals surface area contributed by atoms with Crippen molar-refractivity contribution in [2.45, 2.75) is 31.5 Å². The number of nitrogens with one attached hydrogen (secondary N) is 1. The number of rotatable bonds is 7. The van der Waals surface area contributed by atoms with Crippen LogP contribution in [-0.4, -0.2) is 72.5 Å². The van der Waals surface area contributed by atoms with Crippen LogP contribution in [0.15, 0.2) is 42.5 Å². The third-order valence-electron chi connectivity index (χ3n) is 7.09. The SMILES string of the molecule is N#Cc1ccc(N2CCN(C(=O)CCN3CCC(Nc4ccc([N+](=O)[O-])c(C(F)(F)F)c4)CC3)CC2)cc1. The van der Waals surface area contributed by atoms with Crippen LogP contribution in [0.2, 0.25) is 0 Å². The fourth-order valence-corrected chi connectivity index (χ4v) is 4.92. The lowest BCUT2D eigenvalue weighted by Gasteiger charge is -2.37. The van der Waals surface area contributed by atoms with Gasteiger partial charge in [-0.05, 0) is 49.2 Å². The van der Waals surface area contributed by atoms with Gasteiger partial charge in [0.15, 0.2) is 0 Å². The van der Waals surface area contributed by atoms with Crippen LogP contribution in [0.1, 0.15) is 30.4 Å². The molecule has 2 aliphatic heterocycles. The topological polar surface area (TPSA) is 106 Å². The van der Waals surface area contributed by atoms with E-state index >= 15 is 0 Å². The second-order valence-corrected chi connectivity index (χ2v) is 9.52. The number of alkyl halides is 3. The zero-order valence-corrected chi connectivity index (χ0v) is 20.8. The molecule has 0 aromatic heterocycles. The van der Waals surface area contributed by atoms with Gasteiger partial charge in [-0.15, -0.1) is 0 Å². The number of carbonyl (C=O) groups is 1. The van der Waals surface area contributed by atoms with E-state index in [1.807, 2.05) is 17.0 Å². The Bertz CT molecular complexity index is 1180. The smallest absolute Gasteiger partial charge is 0.382 e. The van der Waals surface area contributed by atoms with Gasteiger partial charge in [0.2, 0.25) is 5.91 Å². The number of anilines is 2. The molecule has 1 amide bonds. The van der Waals surface area contributed by atoms with Crippen molar-refractivity contribution in [2.75, 3.05) is 56.0 Å². The Hall–Kier alpha value is -3.85. The van der Waals surface area contributed by atoms with E-state index in [1.165, 1.54) is 6.07 Å². The number of nitro groups is 1. The lowest BCUT2D eigenvalue weighted by molar-refractivity contribution is -0.388. The molecule has 0 aliphatic carbocycles. The van der Waals surface area contributed by atoms with E-state index in [0.717, 1.165) is 30.9 Å². The number of hydrogen-bond acceptors (Lipinski definition) is 7. The Morgan fingerprint density at radius 3 is 2.29 bits per heavy atom. The summed E-state index contributed by atoms with van der Waals surface area (Å²) in [6.45, 7) is 4.77. The standard InChI is InChI=1S/C26H29F3N6O3/c27-26(28,29)23-17-21(3-6-24(23)35(37)38)31-20-7-10-32(11-8-20)12-9-25(36)34-15-13-33(14-16-34)22-4-1-19(18-30)2-5-22/h1-6,17,20,31H,7-16H2. The molecule has 9 nitrogen and oxygen atoms in total. The highest BCUT2D eigenvalue weighted by molar-refractivity contribution is 5.76. The third-order valence-corrected chi connectivity index (χ3v) is 7.09. The van der Waals surface area contributed by atoms with E-state index in [9.17, 15) is 28.1 Å². The summed E-state index contributed by atoms with van der Waals surface area (Å²) in [7, 11) is 0. The number of carbonyl (C=O) groups excluding carboxylic acids is 1. The van der Waals surface area contributed by atoms with Gasteiger partial charge in [-0.3, -0.25) is 14.9 Å². The maximum absolute atomic E-state index is 13.2. The summed E-state index contributed by atoms with van der Waals surface area (Å²) in [6, 6.07) is 12.5. The number of piperazine rings is 1. The van der Waals surface area contributed by atoms with Crippen molar-refractivity contribution in [3.05, 3.63) is 63.7 Å². The van der Waals surface area contributed by atoms with Crippen molar-refractivity contribution in [1.29, 1.82) is 5.26 Å². The number of hydrogen-bond donors (Lipinski definition) is 1. The number of piperidine rings is 1. The summed E-state index contributed by atoms with van der Waals surface area (Å²) in [4.78, 5) is 28.9. The predicted octanol–water partition coefficient (Wildman–Crippen LogP) is 4.10. The monoisotopic (exact) mass is 530 g/mol. The fourth-order valence-electron chi connectivity index (χ4n) is 4.92. The minimum absolute atomic E-state index is 0.0557. The van der Waals surface area contributed by atoms with Crippen molar-refractivity contribution < 1.29 is 22.9 Å². The first-order chi connectivity index (χ1) is 18.1. The molecule has 2 saturated heterocycles. The number of likely N-dealkylation sites (tertiary alicyclic amines) is 1. The van der Waals surface area contributed by atoms with Crippen LogP contribution < -0.4 is 10.2 Å². The van der Waals surface area contributed by atoms with E-state index < -0.39 is 22.4 Å². The number of amides is 1. The summed E-state index contributed by atoms with van der Waals surface area (Å²) in [6.07, 6.45) is -3.02. The van der Waals surface area contributed by atoms with E-state index in [0.29, 0.717) is 57.5 Å². The first-order valence-electron chi connectivity index (χ1n) is 12.5. The van der Waals surface area contributed by atoms with Gasteiger partial charge in [-0.1, -0.05) is 0 Å². The summed E-state index contributed by atoms with van der Waals surface area (Å²) in [5, 5.41) is 23.0. The Balaban J connectivity index is 1.20. The molecule has 0 radical (unpaired) electrons. The zero-order chi connectivity index (χ0) is 27.3. The molecule has 4 rings (SSSR count). The highest BCUT2D eigenvalue weighted by atomic mass is 19.4. The van der Waals surface area contributed by atoms with Crippen molar-refractivity contribution in [2.24, 2.45) is 0 Å². The normalized spacial score (nSPS) is 17.2. The molecular weight excluding hydrogens is 501 g/mol. The number of benzene rings is 2. The number of halogens is 3. The van der Waals surface area contributed by atoms with Gasteiger partial charge in [0.05, 0.1) is 16.6 Å². The van der Waals surface area contributed by atoms with Crippen LogP contribution in [0.4, 0.5) is 30.2 Å². The van der Waals surface area contributed by atoms with Crippen molar-refractivity contribution in [3.63, 3.8) is 0 Å². The molecule has 0 bridgehead atoms. The summed E-state index contributed by atoms with van der Waals surface area (Å²) in [5.41, 5.74) is -0.364.